The Bertz CT molecular complexity index is 685. The second-order valence-electron chi connectivity index (χ2n) is 6.93. The minimum absolute atomic E-state index is 0.329. The lowest BCUT2D eigenvalue weighted by atomic mass is 10.2. The van der Waals surface area contributed by atoms with Crippen molar-refractivity contribution in [3.63, 3.8) is 0 Å². The van der Waals surface area contributed by atoms with Gasteiger partial charge in [0.1, 0.15) is 18.5 Å². The molecule has 0 spiro atoms. The first kappa shape index (κ1) is 19.2. The van der Waals surface area contributed by atoms with Crippen LogP contribution in [0.4, 0.5) is 0 Å². The van der Waals surface area contributed by atoms with Crippen LogP contribution in [0, 0.1) is 6.92 Å². The van der Waals surface area contributed by atoms with Gasteiger partial charge in [-0.3, -0.25) is 9.80 Å². The van der Waals surface area contributed by atoms with Crippen molar-refractivity contribution in [1.82, 2.24) is 9.80 Å². The Morgan fingerprint density at radius 3 is 2.35 bits per heavy atom. The van der Waals surface area contributed by atoms with Crippen molar-refractivity contribution >= 4 is 11.6 Å². The monoisotopic (exact) mass is 374 g/mol. The number of hydrogen-bond acceptors (Lipinski definition) is 4. The van der Waals surface area contributed by atoms with Gasteiger partial charge < -0.3 is 9.84 Å². The lowest BCUT2D eigenvalue weighted by Crippen LogP contribution is -2.48. The number of rotatable bonds is 7. The molecule has 1 saturated heterocycles. The zero-order valence-corrected chi connectivity index (χ0v) is 16.0. The number of halogens is 1. The zero-order valence-electron chi connectivity index (χ0n) is 15.3. The molecular weight excluding hydrogens is 348 g/mol. The van der Waals surface area contributed by atoms with Crippen LogP contribution in [-0.2, 0) is 6.54 Å². The average Bonchev–Trinajstić information content (AvgIpc) is 2.64. The SMILES string of the molecule is Cc1ccccc1OC[C@@H](O)CN1CCN(Cc2ccc(Cl)cc2)CC1. The fraction of sp³-hybridized carbons (Fsp3) is 0.429. The van der Waals surface area contributed by atoms with E-state index in [-0.39, 0.29) is 0 Å². The lowest BCUT2D eigenvalue weighted by molar-refractivity contribution is 0.0445. The maximum atomic E-state index is 10.3. The molecular formula is C21H27ClN2O2. The molecule has 0 saturated carbocycles. The highest BCUT2D eigenvalue weighted by atomic mass is 35.5. The van der Waals surface area contributed by atoms with E-state index in [2.05, 4.69) is 21.9 Å². The van der Waals surface area contributed by atoms with Crippen molar-refractivity contribution in [2.75, 3.05) is 39.3 Å². The van der Waals surface area contributed by atoms with Crippen molar-refractivity contribution in [1.29, 1.82) is 0 Å². The summed E-state index contributed by atoms with van der Waals surface area (Å²) in [6.45, 7) is 7.90. The van der Waals surface area contributed by atoms with Gasteiger partial charge in [-0.2, -0.15) is 0 Å². The first-order valence-electron chi connectivity index (χ1n) is 9.16. The van der Waals surface area contributed by atoms with Crippen LogP contribution >= 0.6 is 11.6 Å². The molecule has 1 atom stereocenters. The first-order chi connectivity index (χ1) is 12.6. The Morgan fingerprint density at radius 2 is 1.65 bits per heavy atom. The highest BCUT2D eigenvalue weighted by molar-refractivity contribution is 6.30. The van der Waals surface area contributed by atoms with Crippen LogP contribution in [0.25, 0.3) is 0 Å². The number of aliphatic hydroxyl groups excluding tert-OH is 1. The summed E-state index contributed by atoms with van der Waals surface area (Å²) >= 11 is 5.94. The molecule has 0 amide bonds. The van der Waals surface area contributed by atoms with E-state index < -0.39 is 6.10 Å². The third kappa shape index (κ3) is 5.71. The van der Waals surface area contributed by atoms with Crippen LogP contribution in [0.1, 0.15) is 11.1 Å². The van der Waals surface area contributed by atoms with Crippen molar-refractivity contribution in [2.24, 2.45) is 0 Å². The van der Waals surface area contributed by atoms with Gasteiger partial charge >= 0.3 is 0 Å². The second-order valence-corrected chi connectivity index (χ2v) is 7.37. The van der Waals surface area contributed by atoms with Crippen LogP contribution in [0.2, 0.25) is 5.02 Å². The summed E-state index contributed by atoms with van der Waals surface area (Å²) in [4.78, 5) is 4.75. The predicted octanol–water partition coefficient (Wildman–Crippen LogP) is 3.21. The van der Waals surface area contributed by atoms with E-state index in [4.69, 9.17) is 16.3 Å². The van der Waals surface area contributed by atoms with Crippen LogP contribution < -0.4 is 4.74 Å². The quantitative estimate of drug-likeness (QED) is 0.807. The van der Waals surface area contributed by atoms with E-state index >= 15 is 0 Å². The molecule has 26 heavy (non-hydrogen) atoms. The topological polar surface area (TPSA) is 35.9 Å². The Morgan fingerprint density at radius 1 is 1.00 bits per heavy atom. The van der Waals surface area contributed by atoms with Crippen molar-refractivity contribution < 1.29 is 9.84 Å². The van der Waals surface area contributed by atoms with Crippen LogP contribution in [0.3, 0.4) is 0 Å². The summed E-state index contributed by atoms with van der Waals surface area (Å²) in [6.07, 6.45) is -0.475. The summed E-state index contributed by atoms with van der Waals surface area (Å²) in [6, 6.07) is 16.0. The standard InChI is InChI=1S/C21H27ClN2O2/c1-17-4-2-3-5-21(17)26-16-20(25)15-24-12-10-23(11-13-24)14-18-6-8-19(22)9-7-18/h2-9,20,25H,10-16H2,1H3/t20-/m0/s1. The number of para-hydroxylation sites is 1. The van der Waals surface area contributed by atoms with Crippen LogP contribution in [0.15, 0.2) is 48.5 Å². The van der Waals surface area contributed by atoms with Crippen molar-refractivity contribution in [3.05, 3.63) is 64.7 Å². The number of ether oxygens (including phenoxy) is 1. The first-order valence-corrected chi connectivity index (χ1v) is 9.53. The Balaban J connectivity index is 1.38. The molecule has 0 aliphatic carbocycles. The van der Waals surface area contributed by atoms with Crippen molar-refractivity contribution in [3.8, 4) is 5.75 Å². The zero-order chi connectivity index (χ0) is 18.4. The van der Waals surface area contributed by atoms with E-state index in [1.165, 1.54) is 5.56 Å². The number of piperazine rings is 1. The fourth-order valence-corrected chi connectivity index (χ4v) is 3.36. The highest BCUT2D eigenvalue weighted by Gasteiger charge is 2.19. The van der Waals surface area contributed by atoms with E-state index in [9.17, 15) is 5.11 Å². The summed E-state index contributed by atoms with van der Waals surface area (Å²) in [5.41, 5.74) is 2.38. The average molecular weight is 375 g/mol. The molecule has 0 radical (unpaired) electrons. The normalized spacial score (nSPS) is 17.2. The number of aliphatic hydroxyl groups is 1. The number of β-amino-alcohol motifs (C(OH)–C–C–N with tert-alkyl or cyclic N) is 1. The molecule has 140 valence electrons. The molecule has 5 heteroatoms. The van der Waals surface area contributed by atoms with Gasteiger partial charge in [-0.25, -0.2) is 0 Å². The summed E-state index contributed by atoms with van der Waals surface area (Å²) in [5, 5.41) is 11.1. The fourth-order valence-electron chi connectivity index (χ4n) is 3.23. The maximum absolute atomic E-state index is 10.3. The van der Waals surface area contributed by atoms with E-state index in [0.717, 1.165) is 49.1 Å². The van der Waals surface area contributed by atoms with Crippen LogP contribution in [-0.4, -0.2) is 60.3 Å². The van der Waals surface area contributed by atoms with Crippen LogP contribution in [0.5, 0.6) is 5.75 Å². The maximum Gasteiger partial charge on any atom is 0.122 e. The van der Waals surface area contributed by atoms with E-state index in [1.807, 2.05) is 43.3 Å². The van der Waals surface area contributed by atoms with Gasteiger partial charge in [-0.05, 0) is 36.2 Å². The van der Waals surface area contributed by atoms with Gasteiger partial charge in [-0.15, -0.1) is 0 Å². The number of aryl methyl sites for hydroxylation is 1. The summed E-state index contributed by atoms with van der Waals surface area (Å²) in [7, 11) is 0. The Labute approximate surface area is 160 Å². The number of benzene rings is 2. The molecule has 0 unspecified atom stereocenters. The summed E-state index contributed by atoms with van der Waals surface area (Å²) in [5.74, 6) is 0.847. The minimum atomic E-state index is -0.475. The molecule has 0 bridgehead atoms. The van der Waals surface area contributed by atoms with Gasteiger partial charge in [0.25, 0.3) is 0 Å². The minimum Gasteiger partial charge on any atom is -0.491 e. The molecule has 0 aromatic heterocycles. The third-order valence-corrected chi connectivity index (χ3v) is 5.03. The third-order valence-electron chi connectivity index (χ3n) is 4.78. The molecule has 1 heterocycles. The Kier molecular flexibility index (Phi) is 6.92. The molecule has 1 fully saturated rings. The lowest BCUT2D eigenvalue weighted by Gasteiger charge is -2.35. The molecule has 1 aliphatic heterocycles. The van der Waals surface area contributed by atoms with Gasteiger partial charge in [0.2, 0.25) is 0 Å². The van der Waals surface area contributed by atoms with Gasteiger partial charge in [0, 0.05) is 44.3 Å². The molecule has 1 N–H and O–H groups in total. The number of hydrogen-bond donors (Lipinski definition) is 1. The number of nitrogens with zero attached hydrogens (tertiary/aromatic N) is 2. The smallest absolute Gasteiger partial charge is 0.122 e. The van der Waals surface area contributed by atoms with Gasteiger partial charge in [0.05, 0.1) is 0 Å². The summed E-state index contributed by atoms with van der Waals surface area (Å²) < 4.78 is 5.75. The van der Waals surface area contributed by atoms with Gasteiger partial charge in [-0.1, -0.05) is 41.9 Å². The molecule has 1 aliphatic rings. The largest absolute Gasteiger partial charge is 0.491 e. The molecule has 2 aromatic carbocycles. The highest BCUT2D eigenvalue weighted by Crippen LogP contribution is 2.17. The second kappa shape index (κ2) is 9.38. The Hall–Kier alpha value is -1.59. The van der Waals surface area contributed by atoms with E-state index in [0.29, 0.717) is 13.2 Å². The molecule has 4 nitrogen and oxygen atoms in total. The molecule has 3 rings (SSSR count). The predicted molar refractivity (Wildman–Crippen MR) is 106 cm³/mol. The molecule has 2 aromatic rings. The van der Waals surface area contributed by atoms with Crippen molar-refractivity contribution in [2.45, 2.75) is 19.6 Å². The van der Waals surface area contributed by atoms with Gasteiger partial charge in [0.15, 0.2) is 0 Å². The van der Waals surface area contributed by atoms with E-state index in [1.54, 1.807) is 0 Å².